The zero-order chi connectivity index (χ0) is 12.3. The zero-order valence-corrected chi connectivity index (χ0v) is 10.4. The highest BCUT2D eigenvalue weighted by Gasteiger charge is 2.37. The molecule has 2 saturated heterocycles. The van der Waals surface area contributed by atoms with E-state index < -0.39 is 6.10 Å². The van der Waals surface area contributed by atoms with Gasteiger partial charge in [-0.1, -0.05) is 0 Å². The van der Waals surface area contributed by atoms with Crippen LogP contribution in [0.4, 0.5) is 0 Å². The molecule has 2 heterocycles. The highest BCUT2D eigenvalue weighted by molar-refractivity contribution is 5.03. The molecule has 0 bridgehead atoms. The molecule has 17 heavy (non-hydrogen) atoms. The number of hydrogen-bond donors (Lipinski definition) is 3. The van der Waals surface area contributed by atoms with Crippen LogP contribution < -0.4 is 10.6 Å². The Bertz CT molecular complexity index is 285. The van der Waals surface area contributed by atoms with E-state index in [0.29, 0.717) is 0 Å². The lowest BCUT2D eigenvalue weighted by atomic mass is 9.88. The molecule has 2 rings (SSSR count). The van der Waals surface area contributed by atoms with Crippen LogP contribution in [0.1, 0.15) is 12.8 Å². The van der Waals surface area contributed by atoms with Crippen molar-refractivity contribution in [1.29, 1.82) is 5.26 Å². The number of aliphatic hydroxyl groups excluding tert-OH is 1. The summed E-state index contributed by atoms with van der Waals surface area (Å²) in [6, 6.07) is 2.50. The van der Waals surface area contributed by atoms with Gasteiger partial charge in [-0.05, 0) is 26.4 Å². The second kappa shape index (κ2) is 5.78. The van der Waals surface area contributed by atoms with Crippen LogP contribution in [0.25, 0.3) is 0 Å². The van der Waals surface area contributed by atoms with E-state index in [4.69, 9.17) is 0 Å². The standard InChI is InChI=1S/C12H22N4O/c1-16-6-2-3-11(16)12(17)9(7-13)10-8-14-4-5-15-10/h9-12,14-15,17H,2-6,8H2,1H3/t9?,10-,11+,12?/m1/s1. The Kier molecular flexibility index (Phi) is 4.35. The van der Waals surface area contributed by atoms with Crippen molar-refractivity contribution in [2.24, 2.45) is 5.92 Å². The Labute approximate surface area is 103 Å². The number of hydrogen-bond acceptors (Lipinski definition) is 5. The summed E-state index contributed by atoms with van der Waals surface area (Å²) < 4.78 is 0. The number of nitrogens with zero attached hydrogens (tertiary/aromatic N) is 2. The molecule has 0 radical (unpaired) electrons. The minimum atomic E-state index is -0.551. The lowest BCUT2D eigenvalue weighted by molar-refractivity contribution is 0.0402. The van der Waals surface area contributed by atoms with E-state index in [1.807, 2.05) is 7.05 Å². The molecular formula is C12H22N4O. The predicted octanol–water partition coefficient (Wildman–Crippen LogP) is -0.857. The number of likely N-dealkylation sites (N-methyl/N-ethyl adjacent to an activating group) is 1. The van der Waals surface area contributed by atoms with Gasteiger partial charge in [0, 0.05) is 31.7 Å². The van der Waals surface area contributed by atoms with E-state index >= 15 is 0 Å². The first-order valence-electron chi connectivity index (χ1n) is 6.46. The third kappa shape index (κ3) is 2.78. The molecule has 96 valence electrons. The molecule has 0 spiro atoms. The van der Waals surface area contributed by atoms with Gasteiger partial charge in [0.25, 0.3) is 0 Å². The fraction of sp³-hybridized carbons (Fsp3) is 0.917. The molecule has 0 aromatic carbocycles. The second-order valence-electron chi connectivity index (χ2n) is 5.10. The lowest BCUT2D eigenvalue weighted by Crippen LogP contribution is -2.56. The van der Waals surface area contributed by atoms with Crippen molar-refractivity contribution in [3.63, 3.8) is 0 Å². The fourth-order valence-corrected chi connectivity index (χ4v) is 2.94. The predicted molar refractivity (Wildman–Crippen MR) is 65.4 cm³/mol. The highest BCUT2D eigenvalue weighted by atomic mass is 16.3. The van der Waals surface area contributed by atoms with Crippen LogP contribution in [-0.4, -0.2) is 61.4 Å². The van der Waals surface area contributed by atoms with Gasteiger partial charge in [0.15, 0.2) is 0 Å². The maximum Gasteiger partial charge on any atom is 0.0903 e. The van der Waals surface area contributed by atoms with E-state index in [-0.39, 0.29) is 18.0 Å². The lowest BCUT2D eigenvalue weighted by Gasteiger charge is -2.34. The molecular weight excluding hydrogens is 216 g/mol. The molecule has 0 saturated carbocycles. The molecule has 0 aliphatic carbocycles. The number of likely N-dealkylation sites (tertiary alicyclic amines) is 1. The van der Waals surface area contributed by atoms with Gasteiger partial charge >= 0.3 is 0 Å². The van der Waals surface area contributed by atoms with Crippen LogP contribution in [-0.2, 0) is 0 Å². The Balaban J connectivity index is 1.99. The normalized spacial score (nSPS) is 34.2. The van der Waals surface area contributed by atoms with Gasteiger partial charge < -0.3 is 20.6 Å². The first kappa shape index (κ1) is 12.8. The third-order valence-corrected chi connectivity index (χ3v) is 3.99. The summed E-state index contributed by atoms with van der Waals surface area (Å²) in [5.41, 5.74) is 0. The van der Waals surface area contributed by atoms with Crippen molar-refractivity contribution in [3.8, 4) is 6.07 Å². The zero-order valence-electron chi connectivity index (χ0n) is 10.4. The van der Waals surface area contributed by atoms with Crippen LogP contribution in [0.3, 0.4) is 0 Å². The molecule has 0 amide bonds. The average molecular weight is 238 g/mol. The maximum atomic E-state index is 10.4. The minimum Gasteiger partial charge on any atom is -0.390 e. The molecule has 2 aliphatic rings. The topological polar surface area (TPSA) is 71.3 Å². The minimum absolute atomic E-state index is 0.0674. The van der Waals surface area contributed by atoms with Gasteiger partial charge in [-0.3, -0.25) is 0 Å². The van der Waals surface area contributed by atoms with E-state index in [1.165, 1.54) is 0 Å². The Morgan fingerprint density at radius 2 is 2.29 bits per heavy atom. The molecule has 0 aromatic heterocycles. The second-order valence-corrected chi connectivity index (χ2v) is 5.10. The van der Waals surface area contributed by atoms with E-state index in [1.54, 1.807) is 0 Å². The summed E-state index contributed by atoms with van der Waals surface area (Å²) >= 11 is 0. The largest absolute Gasteiger partial charge is 0.390 e. The summed E-state index contributed by atoms with van der Waals surface area (Å²) in [5, 5.41) is 26.3. The van der Waals surface area contributed by atoms with E-state index in [0.717, 1.165) is 39.0 Å². The average Bonchev–Trinajstić information content (AvgIpc) is 2.77. The van der Waals surface area contributed by atoms with Gasteiger partial charge in [-0.25, -0.2) is 0 Å². The smallest absolute Gasteiger partial charge is 0.0903 e. The van der Waals surface area contributed by atoms with E-state index in [2.05, 4.69) is 21.6 Å². The Morgan fingerprint density at radius 1 is 1.47 bits per heavy atom. The summed E-state index contributed by atoms with van der Waals surface area (Å²) in [6.07, 6.45) is 1.56. The van der Waals surface area contributed by atoms with Crippen molar-refractivity contribution in [1.82, 2.24) is 15.5 Å². The molecule has 2 aliphatic heterocycles. The molecule has 5 heteroatoms. The number of nitrogens with one attached hydrogen (secondary N) is 2. The van der Waals surface area contributed by atoms with Gasteiger partial charge in [0.1, 0.15) is 0 Å². The summed E-state index contributed by atoms with van der Waals surface area (Å²) in [7, 11) is 2.03. The first-order chi connectivity index (χ1) is 8.24. The first-order valence-corrected chi connectivity index (χ1v) is 6.46. The van der Waals surface area contributed by atoms with Gasteiger partial charge in [-0.2, -0.15) is 5.26 Å². The number of aliphatic hydroxyl groups is 1. The number of rotatable bonds is 3. The maximum absolute atomic E-state index is 10.4. The van der Waals surface area contributed by atoms with Crippen molar-refractivity contribution < 1.29 is 5.11 Å². The number of nitriles is 1. The molecule has 4 atom stereocenters. The van der Waals surface area contributed by atoms with Crippen LogP contribution in [0.2, 0.25) is 0 Å². The molecule has 2 unspecified atom stereocenters. The highest BCUT2D eigenvalue weighted by Crippen LogP contribution is 2.24. The Hall–Kier alpha value is -0.670. The van der Waals surface area contributed by atoms with Gasteiger partial charge in [-0.15, -0.1) is 0 Å². The molecule has 3 N–H and O–H groups in total. The Morgan fingerprint density at radius 3 is 2.82 bits per heavy atom. The van der Waals surface area contributed by atoms with Crippen LogP contribution in [0, 0.1) is 17.2 Å². The summed E-state index contributed by atoms with van der Waals surface area (Å²) in [4.78, 5) is 2.17. The molecule has 0 aromatic rings. The third-order valence-electron chi connectivity index (χ3n) is 3.99. The van der Waals surface area contributed by atoms with Crippen molar-refractivity contribution in [3.05, 3.63) is 0 Å². The van der Waals surface area contributed by atoms with Crippen LogP contribution in [0.5, 0.6) is 0 Å². The summed E-state index contributed by atoms with van der Waals surface area (Å²) in [5.74, 6) is -0.326. The van der Waals surface area contributed by atoms with Crippen molar-refractivity contribution in [2.45, 2.75) is 31.0 Å². The van der Waals surface area contributed by atoms with E-state index in [9.17, 15) is 10.4 Å². The fourth-order valence-electron chi connectivity index (χ4n) is 2.94. The quantitative estimate of drug-likeness (QED) is 0.597. The summed E-state index contributed by atoms with van der Waals surface area (Å²) in [6.45, 7) is 3.60. The SMILES string of the molecule is CN1CCC[C@H]1C(O)C(C#N)[C@H]1CNCCN1. The monoisotopic (exact) mass is 238 g/mol. The van der Waals surface area contributed by atoms with Crippen molar-refractivity contribution in [2.75, 3.05) is 33.2 Å². The van der Waals surface area contributed by atoms with Crippen LogP contribution in [0.15, 0.2) is 0 Å². The van der Waals surface area contributed by atoms with Gasteiger partial charge in [0.2, 0.25) is 0 Å². The molecule has 5 nitrogen and oxygen atoms in total. The van der Waals surface area contributed by atoms with Crippen LogP contribution >= 0.6 is 0 Å². The number of piperazine rings is 1. The molecule has 2 fully saturated rings. The van der Waals surface area contributed by atoms with Gasteiger partial charge in [0.05, 0.1) is 18.1 Å². The van der Waals surface area contributed by atoms with Crippen molar-refractivity contribution >= 4 is 0 Å².